The highest BCUT2D eigenvalue weighted by Crippen LogP contribution is 2.42. The highest BCUT2D eigenvalue weighted by molar-refractivity contribution is 7.52. The number of nitrogens with zero attached hydrogens (tertiary/aromatic N) is 3. The van der Waals surface area contributed by atoms with Gasteiger partial charge in [0, 0.05) is 11.5 Å². The van der Waals surface area contributed by atoms with Crippen LogP contribution in [0.25, 0.3) is 10.4 Å². The van der Waals surface area contributed by atoms with Gasteiger partial charge < -0.3 is 9.42 Å². The van der Waals surface area contributed by atoms with Crippen LogP contribution in [0.5, 0.6) is 0 Å². The molecule has 0 heterocycles. The predicted octanol–water partition coefficient (Wildman–Crippen LogP) is 6.59. The number of hydrogen-bond acceptors (Lipinski definition) is 3. The van der Waals surface area contributed by atoms with Crippen molar-refractivity contribution in [2.45, 2.75) is 90.4 Å². The van der Waals surface area contributed by atoms with E-state index in [4.69, 9.17) is 10.1 Å². The Morgan fingerprint density at radius 3 is 1.92 bits per heavy atom. The third-order valence-electron chi connectivity index (χ3n) is 4.05. The van der Waals surface area contributed by atoms with Gasteiger partial charge in [-0.15, -0.1) is 0 Å². The van der Waals surface area contributed by atoms with Crippen LogP contribution in [0.4, 0.5) is 0 Å². The van der Waals surface area contributed by atoms with Gasteiger partial charge in [-0.2, -0.15) is 0 Å². The van der Waals surface area contributed by atoms with E-state index in [2.05, 4.69) is 16.9 Å². The standard InChI is InChI=1S/C17H36N3O3P/c1-2-3-4-5-6-7-8-9-10-11-12-13-16-23-24(21,22)17-14-15-19-20-18/h2-17H2,1H3,(H,21,22). The molecule has 142 valence electrons. The van der Waals surface area contributed by atoms with Crippen LogP contribution >= 0.6 is 7.60 Å². The average Bonchev–Trinajstić information content (AvgIpc) is 2.56. The van der Waals surface area contributed by atoms with Gasteiger partial charge in [-0.1, -0.05) is 82.7 Å². The Morgan fingerprint density at radius 2 is 1.42 bits per heavy atom. The fourth-order valence-electron chi connectivity index (χ4n) is 2.60. The fraction of sp³-hybridized carbons (Fsp3) is 1.00. The minimum Gasteiger partial charge on any atom is -0.324 e. The first-order valence-corrected chi connectivity index (χ1v) is 11.4. The maximum atomic E-state index is 11.7. The summed E-state index contributed by atoms with van der Waals surface area (Å²) < 4.78 is 16.8. The molecule has 7 heteroatoms. The van der Waals surface area contributed by atoms with Gasteiger partial charge in [0.05, 0.1) is 12.8 Å². The summed E-state index contributed by atoms with van der Waals surface area (Å²) in [6.45, 7) is 2.83. The minimum absolute atomic E-state index is 0.0598. The Labute approximate surface area is 147 Å². The maximum Gasteiger partial charge on any atom is 0.328 e. The van der Waals surface area contributed by atoms with E-state index in [1.165, 1.54) is 64.2 Å². The van der Waals surface area contributed by atoms with Crippen molar-refractivity contribution in [2.24, 2.45) is 5.11 Å². The number of azide groups is 1. The van der Waals surface area contributed by atoms with Crippen LogP contribution in [-0.4, -0.2) is 24.2 Å². The minimum atomic E-state index is -3.50. The molecule has 0 aliphatic carbocycles. The van der Waals surface area contributed by atoms with E-state index in [-0.39, 0.29) is 12.7 Å². The molecule has 0 aromatic heterocycles. The van der Waals surface area contributed by atoms with Gasteiger partial charge in [0.2, 0.25) is 0 Å². The van der Waals surface area contributed by atoms with Crippen molar-refractivity contribution in [3.63, 3.8) is 0 Å². The lowest BCUT2D eigenvalue weighted by molar-refractivity contribution is 0.252. The predicted molar refractivity (Wildman–Crippen MR) is 100 cm³/mol. The van der Waals surface area contributed by atoms with E-state index in [1.807, 2.05) is 0 Å². The molecule has 6 nitrogen and oxygen atoms in total. The lowest BCUT2D eigenvalue weighted by Gasteiger charge is -2.11. The summed E-state index contributed by atoms with van der Waals surface area (Å²) in [5, 5.41) is 3.34. The second kappa shape index (κ2) is 17.3. The quantitative estimate of drug-likeness (QED) is 0.0980. The van der Waals surface area contributed by atoms with Crippen LogP contribution in [0, 0.1) is 0 Å². The molecule has 0 aromatic carbocycles. The second-order valence-corrected chi connectivity index (χ2v) is 8.37. The molecule has 0 bridgehead atoms. The van der Waals surface area contributed by atoms with E-state index in [1.54, 1.807) is 0 Å². The molecule has 0 saturated heterocycles. The summed E-state index contributed by atoms with van der Waals surface area (Å²) in [6.07, 6.45) is 15.6. The molecule has 0 amide bonds. The monoisotopic (exact) mass is 361 g/mol. The van der Waals surface area contributed by atoms with Crippen molar-refractivity contribution in [1.29, 1.82) is 0 Å². The summed E-state index contributed by atoms with van der Waals surface area (Å²) in [6, 6.07) is 0. The summed E-state index contributed by atoms with van der Waals surface area (Å²) >= 11 is 0. The van der Waals surface area contributed by atoms with Crippen molar-refractivity contribution in [1.82, 2.24) is 0 Å². The summed E-state index contributed by atoms with van der Waals surface area (Å²) in [5.41, 5.74) is 8.13. The lowest BCUT2D eigenvalue weighted by Crippen LogP contribution is -1.98. The molecule has 1 N–H and O–H groups in total. The van der Waals surface area contributed by atoms with Crippen molar-refractivity contribution in [2.75, 3.05) is 19.3 Å². The van der Waals surface area contributed by atoms with Crippen molar-refractivity contribution in [3.05, 3.63) is 10.4 Å². The number of hydrogen-bond donors (Lipinski definition) is 1. The highest BCUT2D eigenvalue weighted by atomic mass is 31.2. The van der Waals surface area contributed by atoms with Gasteiger partial charge in [0.1, 0.15) is 0 Å². The van der Waals surface area contributed by atoms with E-state index < -0.39 is 7.60 Å². The van der Waals surface area contributed by atoms with Gasteiger partial charge in [-0.05, 0) is 18.4 Å². The average molecular weight is 361 g/mol. The Bertz CT molecular complexity index is 374. The van der Waals surface area contributed by atoms with Crippen molar-refractivity contribution >= 4 is 7.60 Å². The maximum absolute atomic E-state index is 11.7. The van der Waals surface area contributed by atoms with Gasteiger partial charge in [0.15, 0.2) is 0 Å². The van der Waals surface area contributed by atoms with Crippen LogP contribution < -0.4 is 0 Å². The van der Waals surface area contributed by atoms with E-state index in [0.717, 1.165) is 12.8 Å². The van der Waals surface area contributed by atoms with Gasteiger partial charge in [-0.25, -0.2) is 0 Å². The van der Waals surface area contributed by atoms with Gasteiger partial charge in [0.25, 0.3) is 0 Å². The smallest absolute Gasteiger partial charge is 0.324 e. The molecule has 1 atom stereocenters. The molecule has 0 aromatic rings. The molecule has 1 unspecified atom stereocenters. The van der Waals surface area contributed by atoms with Crippen molar-refractivity contribution < 1.29 is 14.0 Å². The Hall–Kier alpha value is -0.540. The number of unbranched alkanes of at least 4 members (excludes halogenated alkanes) is 11. The first-order valence-electron chi connectivity index (χ1n) is 9.59. The van der Waals surface area contributed by atoms with Crippen LogP contribution in [0.2, 0.25) is 0 Å². The summed E-state index contributed by atoms with van der Waals surface area (Å²) in [4.78, 5) is 12.2. The Morgan fingerprint density at radius 1 is 0.917 bits per heavy atom. The summed E-state index contributed by atoms with van der Waals surface area (Å²) in [7, 11) is -3.50. The molecular weight excluding hydrogens is 325 g/mol. The van der Waals surface area contributed by atoms with Crippen LogP contribution in [0.15, 0.2) is 5.11 Å². The zero-order valence-electron chi connectivity index (χ0n) is 15.4. The second-order valence-electron chi connectivity index (χ2n) is 6.39. The normalized spacial score (nSPS) is 13.4. The van der Waals surface area contributed by atoms with Gasteiger partial charge in [-0.3, -0.25) is 4.57 Å². The Balaban J connectivity index is 3.29. The first kappa shape index (κ1) is 23.5. The van der Waals surface area contributed by atoms with Crippen LogP contribution in [-0.2, 0) is 9.09 Å². The van der Waals surface area contributed by atoms with Crippen LogP contribution in [0.1, 0.15) is 90.4 Å². The fourth-order valence-corrected chi connectivity index (χ4v) is 3.69. The molecule has 0 rings (SSSR count). The van der Waals surface area contributed by atoms with E-state index in [0.29, 0.717) is 13.0 Å². The first-order chi connectivity index (χ1) is 11.6. The third-order valence-corrected chi connectivity index (χ3v) is 5.52. The topological polar surface area (TPSA) is 95.3 Å². The SMILES string of the molecule is CCCCCCCCCCCCCCOP(=O)(O)CCCN=[N+]=[N-]. The van der Waals surface area contributed by atoms with Crippen LogP contribution in [0.3, 0.4) is 0 Å². The molecule has 0 aliphatic rings. The summed E-state index contributed by atoms with van der Waals surface area (Å²) in [5.74, 6) is 0. The zero-order chi connectivity index (χ0) is 17.9. The highest BCUT2D eigenvalue weighted by Gasteiger charge is 2.17. The van der Waals surface area contributed by atoms with Crippen molar-refractivity contribution in [3.8, 4) is 0 Å². The zero-order valence-corrected chi connectivity index (χ0v) is 16.3. The molecule has 0 saturated carbocycles. The van der Waals surface area contributed by atoms with E-state index in [9.17, 15) is 9.46 Å². The molecule has 0 radical (unpaired) electrons. The molecule has 24 heavy (non-hydrogen) atoms. The lowest BCUT2D eigenvalue weighted by atomic mass is 10.1. The molecule has 0 spiro atoms. The molecule has 0 aliphatic heterocycles. The third kappa shape index (κ3) is 17.8. The molecular formula is C17H36N3O3P. The van der Waals surface area contributed by atoms with Gasteiger partial charge >= 0.3 is 7.60 Å². The number of rotatable bonds is 18. The Kier molecular flexibility index (Phi) is 16.9. The van der Waals surface area contributed by atoms with E-state index >= 15 is 0 Å². The molecule has 0 fully saturated rings. The largest absolute Gasteiger partial charge is 0.328 e.